The average molecular weight is 314 g/mol. The first-order valence-corrected chi connectivity index (χ1v) is 7.18. The van der Waals surface area contributed by atoms with E-state index in [2.05, 4.69) is 68.6 Å². The van der Waals surface area contributed by atoms with Crippen LogP contribution in [0.3, 0.4) is 0 Å². The van der Waals surface area contributed by atoms with E-state index in [4.69, 9.17) is 0 Å². The van der Waals surface area contributed by atoms with Gasteiger partial charge in [-0.25, -0.2) is 0 Å². The van der Waals surface area contributed by atoms with Gasteiger partial charge in [-0.15, -0.1) is 0 Å². The summed E-state index contributed by atoms with van der Waals surface area (Å²) in [6, 6.07) is 10.5. The van der Waals surface area contributed by atoms with Crippen molar-refractivity contribution in [3.05, 3.63) is 57.8 Å². The Morgan fingerprint density at radius 1 is 0.941 bits per heavy atom. The molecule has 0 unspecified atom stereocenters. The van der Waals surface area contributed by atoms with Crippen molar-refractivity contribution in [3.8, 4) is 0 Å². The molecule has 93 valence electrons. The standard InChI is InChI=1S/C8H11.C8H10.Ru/c2*1-2-8-6-4-3-5-7-8;/h3-4H,2,5-6H2,1H3;3-7H,2H2,1H3;. The number of allylic oxidation sites excluding steroid dienone is 4. The molecule has 0 aromatic heterocycles. The van der Waals surface area contributed by atoms with E-state index in [1.165, 1.54) is 22.6 Å². The molecule has 0 radical (unpaired) electrons. The topological polar surface area (TPSA) is 0 Å². The van der Waals surface area contributed by atoms with Crippen LogP contribution in [0.5, 0.6) is 0 Å². The third-order valence-corrected chi connectivity index (χ3v) is 3.85. The van der Waals surface area contributed by atoms with Crippen LogP contribution >= 0.6 is 0 Å². The summed E-state index contributed by atoms with van der Waals surface area (Å²) in [6.45, 7) is 4.38. The number of hydrogen-bond donors (Lipinski definition) is 0. The Labute approximate surface area is 116 Å². The zero-order chi connectivity index (χ0) is 12.5. The molecular weight excluding hydrogens is 293 g/mol. The van der Waals surface area contributed by atoms with E-state index >= 15 is 0 Å². The molecule has 0 nitrogen and oxygen atoms in total. The molecule has 0 spiro atoms. The van der Waals surface area contributed by atoms with Crippen molar-refractivity contribution >= 4 is 0 Å². The van der Waals surface area contributed by atoms with Crippen molar-refractivity contribution in [2.24, 2.45) is 0 Å². The number of rotatable bonds is 2. The molecule has 1 aliphatic rings. The van der Waals surface area contributed by atoms with Crippen LogP contribution in [0.25, 0.3) is 0 Å². The third-order valence-electron chi connectivity index (χ3n) is 2.88. The van der Waals surface area contributed by atoms with Crippen molar-refractivity contribution < 1.29 is 18.3 Å². The van der Waals surface area contributed by atoms with Gasteiger partial charge in [-0.05, 0) is 12.0 Å². The maximum absolute atomic E-state index is 2.73. The number of benzene rings is 1. The Hall–Kier alpha value is -0.677. The first-order chi connectivity index (χ1) is 8.27. The van der Waals surface area contributed by atoms with E-state index in [0.717, 1.165) is 12.8 Å². The monoisotopic (exact) mass is 315 g/mol. The predicted octanol–water partition coefficient (Wildman–Crippen LogP) is 4.80. The molecular formula is C16H21Ru. The molecule has 0 amide bonds. The minimum Gasteiger partial charge on any atom is -0.0622 e. The fourth-order valence-corrected chi connectivity index (χ4v) is 2.40. The molecule has 17 heavy (non-hydrogen) atoms. The molecule has 1 aromatic carbocycles. The maximum Gasteiger partial charge on any atom is -0.0307 e. The van der Waals surface area contributed by atoms with Crippen molar-refractivity contribution in [1.29, 1.82) is 0 Å². The van der Waals surface area contributed by atoms with Gasteiger partial charge in [0.05, 0.1) is 0 Å². The van der Waals surface area contributed by atoms with Gasteiger partial charge in [0.2, 0.25) is 0 Å². The quantitative estimate of drug-likeness (QED) is 0.543. The van der Waals surface area contributed by atoms with E-state index in [-0.39, 0.29) is 0 Å². The van der Waals surface area contributed by atoms with Gasteiger partial charge < -0.3 is 0 Å². The normalized spacial score (nSPS) is 14.3. The Morgan fingerprint density at radius 2 is 1.59 bits per heavy atom. The fourth-order valence-electron chi connectivity index (χ4n) is 1.71. The van der Waals surface area contributed by atoms with Gasteiger partial charge in [-0.1, -0.05) is 37.3 Å². The first kappa shape index (κ1) is 14.4. The summed E-state index contributed by atoms with van der Waals surface area (Å²) in [4.78, 5) is 0. The molecule has 0 saturated carbocycles. The van der Waals surface area contributed by atoms with Crippen LogP contribution in [0.2, 0.25) is 0 Å². The van der Waals surface area contributed by atoms with Crippen LogP contribution in [-0.2, 0) is 24.7 Å². The molecule has 0 aliphatic heterocycles. The summed E-state index contributed by atoms with van der Waals surface area (Å²) < 4.78 is 1.51. The molecule has 0 heterocycles. The molecule has 0 atom stereocenters. The second-order valence-electron chi connectivity index (χ2n) is 4.07. The zero-order valence-corrected chi connectivity index (χ0v) is 12.5. The van der Waals surface area contributed by atoms with E-state index in [1.807, 2.05) is 6.07 Å². The largest absolute Gasteiger partial charge is 0.0622 e. The summed E-state index contributed by atoms with van der Waals surface area (Å²) in [5.41, 5.74) is 3.02. The number of hydrogen-bond acceptors (Lipinski definition) is 0. The van der Waals surface area contributed by atoms with Crippen molar-refractivity contribution in [2.75, 3.05) is 0 Å². The van der Waals surface area contributed by atoms with E-state index in [1.54, 1.807) is 5.57 Å². The molecule has 1 aromatic rings. The second-order valence-corrected chi connectivity index (χ2v) is 5.12. The van der Waals surface area contributed by atoms with Crippen LogP contribution in [0.15, 0.2) is 52.2 Å². The molecule has 0 bridgehead atoms. The van der Waals surface area contributed by atoms with Gasteiger partial charge >= 0.3 is 66.4 Å². The summed E-state index contributed by atoms with van der Waals surface area (Å²) in [7, 11) is 0. The summed E-state index contributed by atoms with van der Waals surface area (Å²) in [5.74, 6) is 0. The smallest absolute Gasteiger partial charge is 0.0307 e. The van der Waals surface area contributed by atoms with Gasteiger partial charge in [0.1, 0.15) is 0 Å². The van der Waals surface area contributed by atoms with Crippen LogP contribution in [0, 0.1) is 0 Å². The summed E-state index contributed by atoms with van der Waals surface area (Å²) in [6.07, 6.45) is 9.19. The van der Waals surface area contributed by atoms with Crippen molar-refractivity contribution in [1.82, 2.24) is 0 Å². The Morgan fingerprint density at radius 3 is 2.00 bits per heavy atom. The van der Waals surface area contributed by atoms with Gasteiger partial charge in [0.25, 0.3) is 0 Å². The van der Waals surface area contributed by atoms with Crippen LogP contribution in [0.1, 0.15) is 38.7 Å². The van der Waals surface area contributed by atoms with Crippen molar-refractivity contribution in [3.63, 3.8) is 0 Å². The molecule has 1 aliphatic carbocycles. The molecule has 0 fully saturated rings. The van der Waals surface area contributed by atoms with Crippen LogP contribution in [0.4, 0.5) is 0 Å². The molecule has 2 rings (SSSR count). The SMILES string of the molecule is CCC1=[C]([Ru])CC=CC1.CCc1ccccc1. The summed E-state index contributed by atoms with van der Waals surface area (Å²) in [5, 5.41) is 0. The van der Waals surface area contributed by atoms with E-state index in [0.29, 0.717) is 0 Å². The second kappa shape index (κ2) is 8.42. The maximum atomic E-state index is 2.73. The first-order valence-electron chi connectivity index (χ1n) is 6.32. The average Bonchev–Trinajstić information content (AvgIpc) is 2.41. The molecule has 0 saturated heterocycles. The Bertz CT molecular complexity index is 374. The number of aryl methyl sites for hydroxylation is 1. The van der Waals surface area contributed by atoms with E-state index < -0.39 is 0 Å². The minimum atomic E-state index is 1.14. The van der Waals surface area contributed by atoms with Crippen LogP contribution < -0.4 is 0 Å². The van der Waals surface area contributed by atoms with Gasteiger partial charge in [-0.3, -0.25) is 0 Å². The minimum absolute atomic E-state index is 1.14. The van der Waals surface area contributed by atoms with E-state index in [9.17, 15) is 0 Å². The summed E-state index contributed by atoms with van der Waals surface area (Å²) >= 11 is 2.73. The Balaban J connectivity index is 0.000000171. The molecule has 1 heteroatoms. The third kappa shape index (κ3) is 5.46. The van der Waals surface area contributed by atoms with Crippen molar-refractivity contribution in [2.45, 2.75) is 39.5 Å². The zero-order valence-electron chi connectivity index (χ0n) is 10.7. The fraction of sp³-hybridized carbons (Fsp3) is 0.375. The molecule has 0 N–H and O–H groups in total. The Kier molecular flexibility index (Phi) is 7.12. The van der Waals surface area contributed by atoms with Crippen LogP contribution in [-0.4, -0.2) is 0 Å². The van der Waals surface area contributed by atoms with Gasteiger partial charge in [0.15, 0.2) is 0 Å². The predicted molar refractivity (Wildman–Crippen MR) is 71.5 cm³/mol. The van der Waals surface area contributed by atoms with Gasteiger partial charge in [-0.2, -0.15) is 0 Å². The van der Waals surface area contributed by atoms with Gasteiger partial charge in [0, 0.05) is 0 Å².